The molecule has 0 unspecified atom stereocenters. The Labute approximate surface area is 128 Å². The Kier molecular flexibility index (Phi) is 5.66. The zero-order valence-electron chi connectivity index (χ0n) is 13.5. The van der Waals surface area contributed by atoms with E-state index in [1.165, 1.54) is 25.7 Å². The lowest BCUT2D eigenvalue weighted by Gasteiger charge is -2.29. The van der Waals surface area contributed by atoms with Crippen molar-refractivity contribution in [3.63, 3.8) is 0 Å². The number of hydrogen-bond donors (Lipinski definition) is 2. The first-order valence-corrected chi connectivity index (χ1v) is 8.23. The number of carbonyl (C=O) groups is 1. The van der Waals surface area contributed by atoms with Crippen molar-refractivity contribution in [3.8, 4) is 0 Å². The van der Waals surface area contributed by atoms with Gasteiger partial charge in [0.15, 0.2) is 0 Å². The number of rotatable bonds is 5. The second kappa shape index (κ2) is 7.48. The highest BCUT2D eigenvalue weighted by Crippen LogP contribution is 2.28. The maximum atomic E-state index is 12.4. The van der Waals surface area contributed by atoms with Crippen LogP contribution in [0.25, 0.3) is 0 Å². The summed E-state index contributed by atoms with van der Waals surface area (Å²) in [5.41, 5.74) is 2.87. The minimum absolute atomic E-state index is 0.0779. The van der Waals surface area contributed by atoms with E-state index in [0.29, 0.717) is 6.04 Å². The molecule has 2 rings (SSSR count). The molecule has 0 saturated heterocycles. The number of hydrogen-bond acceptors (Lipinski definition) is 2. The first kappa shape index (κ1) is 15.9. The van der Waals surface area contributed by atoms with E-state index in [1.54, 1.807) is 0 Å². The molecule has 0 heterocycles. The van der Waals surface area contributed by atoms with Crippen LogP contribution in [-0.2, 0) is 0 Å². The third-order valence-electron chi connectivity index (χ3n) is 4.64. The zero-order valence-corrected chi connectivity index (χ0v) is 13.5. The van der Waals surface area contributed by atoms with Gasteiger partial charge < -0.3 is 10.6 Å². The van der Waals surface area contributed by atoms with Gasteiger partial charge in [-0.15, -0.1) is 0 Å². The Hall–Kier alpha value is -1.51. The molecule has 0 aliphatic heterocycles. The van der Waals surface area contributed by atoms with Gasteiger partial charge in [-0.05, 0) is 62.3 Å². The van der Waals surface area contributed by atoms with Gasteiger partial charge in [0.2, 0.25) is 0 Å². The van der Waals surface area contributed by atoms with E-state index in [-0.39, 0.29) is 5.91 Å². The molecule has 1 aliphatic rings. The minimum atomic E-state index is 0.0779. The van der Waals surface area contributed by atoms with Crippen LogP contribution >= 0.6 is 0 Å². The number of nitrogens with one attached hydrogen (secondary N) is 2. The van der Waals surface area contributed by atoms with Crippen molar-refractivity contribution in [1.29, 1.82) is 0 Å². The van der Waals surface area contributed by atoms with Crippen LogP contribution in [0.3, 0.4) is 0 Å². The Balaban J connectivity index is 1.90. The monoisotopic (exact) mass is 288 g/mol. The average Bonchev–Trinajstić information content (AvgIpc) is 2.49. The van der Waals surface area contributed by atoms with Gasteiger partial charge in [0.1, 0.15) is 0 Å². The summed E-state index contributed by atoms with van der Waals surface area (Å²) in [6.45, 7) is 4.25. The summed E-state index contributed by atoms with van der Waals surface area (Å²) in [7, 11) is 1.89. The van der Waals surface area contributed by atoms with Crippen molar-refractivity contribution in [2.45, 2.75) is 58.4 Å². The lowest BCUT2D eigenvalue weighted by Crippen LogP contribution is -2.37. The van der Waals surface area contributed by atoms with Gasteiger partial charge in [-0.25, -0.2) is 0 Å². The summed E-state index contributed by atoms with van der Waals surface area (Å²) in [4.78, 5) is 12.4. The topological polar surface area (TPSA) is 41.1 Å². The third-order valence-corrected chi connectivity index (χ3v) is 4.64. The molecule has 0 atom stereocenters. The van der Waals surface area contributed by atoms with Crippen LogP contribution in [0.4, 0.5) is 5.69 Å². The summed E-state index contributed by atoms with van der Waals surface area (Å²) >= 11 is 0. The van der Waals surface area contributed by atoms with Crippen LogP contribution in [0.1, 0.15) is 61.4 Å². The number of amides is 1. The lowest BCUT2D eigenvalue weighted by molar-refractivity contribution is 0.0920. The fourth-order valence-corrected chi connectivity index (χ4v) is 3.34. The largest absolute Gasteiger partial charge is 0.388 e. The molecule has 0 radical (unpaired) electrons. The third kappa shape index (κ3) is 4.23. The Morgan fingerprint density at radius 2 is 1.95 bits per heavy atom. The van der Waals surface area contributed by atoms with Crippen molar-refractivity contribution in [3.05, 3.63) is 29.3 Å². The molecule has 1 fully saturated rings. The summed E-state index contributed by atoms with van der Waals surface area (Å²) < 4.78 is 0. The Bertz CT molecular complexity index is 476. The smallest absolute Gasteiger partial charge is 0.251 e. The van der Waals surface area contributed by atoms with Gasteiger partial charge in [0.05, 0.1) is 0 Å². The van der Waals surface area contributed by atoms with E-state index in [4.69, 9.17) is 0 Å². The molecule has 1 aromatic rings. The molecule has 1 aromatic carbocycles. The summed E-state index contributed by atoms with van der Waals surface area (Å²) in [5, 5.41) is 6.32. The molecule has 1 amide bonds. The SMILES string of the molecule is CCCC1CCC(NC(=O)c2ccc(NC)cc2C)CC1. The zero-order chi connectivity index (χ0) is 15.2. The molecule has 3 nitrogen and oxygen atoms in total. The average molecular weight is 288 g/mol. The first-order valence-electron chi connectivity index (χ1n) is 8.23. The van der Waals surface area contributed by atoms with Crippen molar-refractivity contribution >= 4 is 11.6 Å². The predicted molar refractivity (Wildman–Crippen MR) is 88.8 cm³/mol. The molecule has 1 saturated carbocycles. The van der Waals surface area contributed by atoms with Crippen LogP contribution in [0.2, 0.25) is 0 Å². The molecule has 0 spiro atoms. The molecule has 21 heavy (non-hydrogen) atoms. The maximum absolute atomic E-state index is 12.4. The van der Waals surface area contributed by atoms with E-state index in [9.17, 15) is 4.79 Å². The number of aryl methyl sites for hydroxylation is 1. The van der Waals surface area contributed by atoms with E-state index in [2.05, 4.69) is 17.6 Å². The van der Waals surface area contributed by atoms with E-state index in [0.717, 1.165) is 35.6 Å². The standard InChI is InChI=1S/C18H28N2O/c1-4-5-14-6-8-15(9-7-14)20-18(21)17-11-10-16(19-3)12-13(17)2/h10-12,14-15,19H,4-9H2,1-3H3,(H,20,21). The number of anilines is 1. The molecule has 1 aliphatic carbocycles. The van der Waals surface area contributed by atoms with E-state index in [1.807, 2.05) is 32.2 Å². The van der Waals surface area contributed by atoms with Crippen LogP contribution in [-0.4, -0.2) is 19.0 Å². The molecule has 0 aromatic heterocycles. The van der Waals surface area contributed by atoms with Gasteiger partial charge in [0, 0.05) is 24.3 Å². The summed E-state index contributed by atoms with van der Waals surface area (Å²) in [5.74, 6) is 0.953. The molecule has 3 heteroatoms. The highest BCUT2D eigenvalue weighted by atomic mass is 16.1. The van der Waals surface area contributed by atoms with Crippen molar-refractivity contribution in [2.24, 2.45) is 5.92 Å². The Morgan fingerprint density at radius 3 is 2.52 bits per heavy atom. The van der Waals surface area contributed by atoms with Gasteiger partial charge >= 0.3 is 0 Å². The minimum Gasteiger partial charge on any atom is -0.388 e. The van der Waals surface area contributed by atoms with Crippen LogP contribution in [0.5, 0.6) is 0 Å². The molecular weight excluding hydrogens is 260 g/mol. The number of benzene rings is 1. The molecule has 116 valence electrons. The van der Waals surface area contributed by atoms with Gasteiger partial charge in [-0.3, -0.25) is 4.79 Å². The predicted octanol–water partition coefficient (Wildman–Crippen LogP) is 4.13. The second-order valence-corrected chi connectivity index (χ2v) is 6.26. The molecule has 0 bridgehead atoms. The normalized spacial score (nSPS) is 21.9. The van der Waals surface area contributed by atoms with E-state index >= 15 is 0 Å². The second-order valence-electron chi connectivity index (χ2n) is 6.26. The van der Waals surface area contributed by atoms with Crippen molar-refractivity contribution in [2.75, 3.05) is 12.4 Å². The van der Waals surface area contributed by atoms with Crippen molar-refractivity contribution < 1.29 is 4.79 Å². The van der Waals surface area contributed by atoms with Gasteiger partial charge in [-0.2, -0.15) is 0 Å². The molecule has 2 N–H and O–H groups in total. The first-order chi connectivity index (χ1) is 10.1. The fourth-order valence-electron chi connectivity index (χ4n) is 3.34. The molecular formula is C18H28N2O. The van der Waals surface area contributed by atoms with Crippen LogP contribution in [0, 0.1) is 12.8 Å². The highest BCUT2D eigenvalue weighted by Gasteiger charge is 2.22. The van der Waals surface area contributed by atoms with E-state index < -0.39 is 0 Å². The van der Waals surface area contributed by atoms with Crippen LogP contribution in [0.15, 0.2) is 18.2 Å². The van der Waals surface area contributed by atoms with Gasteiger partial charge in [-0.1, -0.05) is 19.8 Å². The van der Waals surface area contributed by atoms with Crippen LogP contribution < -0.4 is 10.6 Å². The quantitative estimate of drug-likeness (QED) is 0.855. The number of carbonyl (C=O) groups excluding carboxylic acids is 1. The van der Waals surface area contributed by atoms with Crippen molar-refractivity contribution in [1.82, 2.24) is 5.32 Å². The fraction of sp³-hybridized carbons (Fsp3) is 0.611. The summed E-state index contributed by atoms with van der Waals surface area (Å²) in [6, 6.07) is 6.25. The highest BCUT2D eigenvalue weighted by molar-refractivity contribution is 5.96. The van der Waals surface area contributed by atoms with Gasteiger partial charge in [0.25, 0.3) is 5.91 Å². The Morgan fingerprint density at radius 1 is 1.24 bits per heavy atom. The lowest BCUT2D eigenvalue weighted by atomic mass is 9.83. The maximum Gasteiger partial charge on any atom is 0.251 e. The summed E-state index contributed by atoms with van der Waals surface area (Å²) in [6.07, 6.45) is 7.39.